The molecule has 1 heterocycles. The summed E-state index contributed by atoms with van der Waals surface area (Å²) in [6.45, 7) is 2.67. The van der Waals surface area contributed by atoms with Gasteiger partial charge in [-0.05, 0) is 25.0 Å². The predicted octanol–water partition coefficient (Wildman–Crippen LogP) is 1.75. The third-order valence-electron chi connectivity index (χ3n) is 4.97. The van der Waals surface area contributed by atoms with Crippen LogP contribution in [0.1, 0.15) is 25.7 Å². The van der Waals surface area contributed by atoms with Gasteiger partial charge in [0.15, 0.2) is 0 Å². The van der Waals surface area contributed by atoms with Crippen LogP contribution in [0.3, 0.4) is 0 Å². The highest BCUT2D eigenvalue weighted by Gasteiger charge is 2.40. The topological polar surface area (TPSA) is 58.8 Å². The number of nitrogens with two attached hydrogens (primary N) is 1. The Balaban J connectivity index is 1.66. The zero-order chi connectivity index (χ0) is 16.4. The summed E-state index contributed by atoms with van der Waals surface area (Å²) < 4.78 is 18.6. The normalized spacial score (nSPS) is 20.7. The molecule has 1 aliphatic carbocycles. The number of benzene rings is 1. The van der Waals surface area contributed by atoms with Crippen molar-refractivity contribution in [3.8, 4) is 5.75 Å². The second kappa shape index (κ2) is 6.35. The summed E-state index contributed by atoms with van der Waals surface area (Å²) in [6, 6.07) is 4.55. The van der Waals surface area contributed by atoms with Crippen molar-refractivity contribution in [3.63, 3.8) is 0 Å². The minimum atomic E-state index is -0.657. The van der Waals surface area contributed by atoms with E-state index in [1.165, 1.54) is 19.2 Å². The molecule has 0 radical (unpaired) electrons. The van der Waals surface area contributed by atoms with Gasteiger partial charge >= 0.3 is 0 Å². The molecule has 5 nitrogen and oxygen atoms in total. The van der Waals surface area contributed by atoms with Gasteiger partial charge in [0.1, 0.15) is 11.6 Å². The molecule has 2 aliphatic rings. The molecule has 6 heteroatoms. The molecule has 1 aromatic carbocycles. The Morgan fingerprint density at radius 1 is 1.22 bits per heavy atom. The van der Waals surface area contributed by atoms with E-state index in [4.69, 9.17) is 10.5 Å². The highest BCUT2D eigenvalue weighted by atomic mass is 19.1. The Morgan fingerprint density at radius 2 is 1.87 bits per heavy atom. The number of carbonyl (C=O) groups excluding carboxylic acids is 1. The number of hydrogen-bond acceptors (Lipinski definition) is 4. The molecule has 1 saturated heterocycles. The number of methoxy groups -OCH3 is 1. The van der Waals surface area contributed by atoms with E-state index >= 15 is 0 Å². The molecule has 0 spiro atoms. The van der Waals surface area contributed by atoms with Crippen molar-refractivity contribution in [1.82, 2.24) is 4.90 Å². The van der Waals surface area contributed by atoms with Crippen molar-refractivity contribution >= 4 is 11.6 Å². The van der Waals surface area contributed by atoms with Gasteiger partial charge in [-0.1, -0.05) is 12.8 Å². The summed E-state index contributed by atoms with van der Waals surface area (Å²) in [6.07, 6.45) is 3.65. The Kier molecular flexibility index (Phi) is 4.43. The average molecular weight is 321 g/mol. The standard InChI is InChI=1S/C17H24FN3O2/c1-23-15-12-13(18)4-5-14(15)20-8-10-21(11-9-20)16(22)17(19)6-2-3-7-17/h4-5,12H,2-3,6-11,19H2,1H3. The molecule has 0 atom stereocenters. The second-order valence-electron chi connectivity index (χ2n) is 6.46. The first-order chi connectivity index (χ1) is 11.0. The third kappa shape index (κ3) is 3.13. The van der Waals surface area contributed by atoms with Crippen molar-refractivity contribution in [3.05, 3.63) is 24.0 Å². The number of halogens is 1. The van der Waals surface area contributed by atoms with Gasteiger partial charge in [0.25, 0.3) is 0 Å². The van der Waals surface area contributed by atoms with E-state index in [0.717, 1.165) is 31.4 Å². The van der Waals surface area contributed by atoms with E-state index in [0.29, 0.717) is 31.9 Å². The molecule has 1 amide bonds. The minimum absolute atomic E-state index is 0.0840. The fraction of sp³-hybridized carbons (Fsp3) is 0.588. The highest BCUT2D eigenvalue weighted by Crippen LogP contribution is 2.32. The Hall–Kier alpha value is -1.82. The predicted molar refractivity (Wildman–Crippen MR) is 87.1 cm³/mol. The number of nitrogens with zero attached hydrogens (tertiary/aromatic N) is 2. The average Bonchev–Trinajstić information content (AvgIpc) is 3.02. The Labute approximate surface area is 136 Å². The van der Waals surface area contributed by atoms with Crippen molar-refractivity contribution in [2.45, 2.75) is 31.2 Å². The lowest BCUT2D eigenvalue weighted by Gasteiger charge is -2.39. The van der Waals surface area contributed by atoms with Crippen LogP contribution in [0.4, 0.5) is 10.1 Å². The lowest BCUT2D eigenvalue weighted by atomic mass is 9.97. The molecule has 3 rings (SSSR count). The van der Waals surface area contributed by atoms with E-state index in [2.05, 4.69) is 4.90 Å². The van der Waals surface area contributed by atoms with Crippen LogP contribution in [0.2, 0.25) is 0 Å². The molecule has 0 unspecified atom stereocenters. The molecule has 2 fully saturated rings. The first-order valence-electron chi connectivity index (χ1n) is 8.20. The molecular formula is C17H24FN3O2. The van der Waals surface area contributed by atoms with Gasteiger partial charge in [0.05, 0.1) is 18.3 Å². The van der Waals surface area contributed by atoms with Gasteiger partial charge in [-0.25, -0.2) is 4.39 Å². The molecule has 23 heavy (non-hydrogen) atoms. The largest absolute Gasteiger partial charge is 0.494 e. The number of anilines is 1. The summed E-state index contributed by atoms with van der Waals surface area (Å²) in [7, 11) is 1.54. The molecular weight excluding hydrogens is 297 g/mol. The van der Waals surface area contributed by atoms with Crippen LogP contribution in [0.25, 0.3) is 0 Å². The fourth-order valence-electron chi connectivity index (χ4n) is 3.60. The van der Waals surface area contributed by atoms with Crippen LogP contribution in [-0.4, -0.2) is 49.6 Å². The highest BCUT2D eigenvalue weighted by molar-refractivity contribution is 5.86. The SMILES string of the molecule is COc1cc(F)ccc1N1CCN(C(=O)C2(N)CCCC2)CC1. The molecule has 2 N–H and O–H groups in total. The van der Waals surface area contributed by atoms with Crippen LogP contribution >= 0.6 is 0 Å². The molecule has 126 valence electrons. The molecule has 1 saturated carbocycles. The fourth-order valence-corrected chi connectivity index (χ4v) is 3.60. The van der Waals surface area contributed by atoms with E-state index in [1.54, 1.807) is 6.07 Å². The van der Waals surface area contributed by atoms with E-state index in [1.807, 2.05) is 4.90 Å². The Bertz CT molecular complexity index is 579. The minimum Gasteiger partial charge on any atom is -0.494 e. The van der Waals surface area contributed by atoms with Gasteiger partial charge in [-0.3, -0.25) is 4.79 Å². The summed E-state index contributed by atoms with van der Waals surface area (Å²) >= 11 is 0. The summed E-state index contributed by atoms with van der Waals surface area (Å²) in [5, 5.41) is 0. The molecule has 0 bridgehead atoms. The number of carbonyl (C=O) groups is 1. The van der Waals surface area contributed by atoms with Crippen LogP contribution in [0.15, 0.2) is 18.2 Å². The van der Waals surface area contributed by atoms with Crippen LogP contribution < -0.4 is 15.4 Å². The third-order valence-corrected chi connectivity index (χ3v) is 4.97. The number of amides is 1. The van der Waals surface area contributed by atoms with Crippen LogP contribution in [0, 0.1) is 5.82 Å². The van der Waals surface area contributed by atoms with Crippen LogP contribution in [-0.2, 0) is 4.79 Å². The van der Waals surface area contributed by atoms with E-state index in [-0.39, 0.29) is 11.7 Å². The van der Waals surface area contributed by atoms with Crippen molar-refractivity contribution in [1.29, 1.82) is 0 Å². The summed E-state index contributed by atoms with van der Waals surface area (Å²) in [4.78, 5) is 16.6. The first-order valence-corrected chi connectivity index (χ1v) is 8.20. The number of hydrogen-bond donors (Lipinski definition) is 1. The molecule has 1 aliphatic heterocycles. The number of ether oxygens (including phenoxy) is 1. The maximum atomic E-state index is 13.3. The van der Waals surface area contributed by atoms with E-state index in [9.17, 15) is 9.18 Å². The van der Waals surface area contributed by atoms with Crippen molar-refractivity contribution < 1.29 is 13.9 Å². The zero-order valence-electron chi connectivity index (χ0n) is 13.6. The van der Waals surface area contributed by atoms with Gasteiger partial charge in [-0.15, -0.1) is 0 Å². The number of piperazine rings is 1. The van der Waals surface area contributed by atoms with Crippen molar-refractivity contribution in [2.24, 2.45) is 5.73 Å². The van der Waals surface area contributed by atoms with Gasteiger partial charge in [-0.2, -0.15) is 0 Å². The second-order valence-corrected chi connectivity index (χ2v) is 6.46. The lowest BCUT2D eigenvalue weighted by molar-refractivity contribution is -0.137. The number of rotatable bonds is 3. The zero-order valence-corrected chi connectivity index (χ0v) is 13.6. The van der Waals surface area contributed by atoms with E-state index < -0.39 is 5.54 Å². The molecule has 1 aromatic rings. The Morgan fingerprint density at radius 3 is 2.48 bits per heavy atom. The smallest absolute Gasteiger partial charge is 0.242 e. The van der Waals surface area contributed by atoms with Gasteiger partial charge in [0, 0.05) is 32.2 Å². The summed E-state index contributed by atoms with van der Waals surface area (Å²) in [5.74, 6) is 0.294. The van der Waals surface area contributed by atoms with Gasteiger partial charge in [0.2, 0.25) is 5.91 Å². The lowest BCUT2D eigenvalue weighted by Crippen LogP contribution is -2.58. The first kappa shape index (κ1) is 16.1. The maximum Gasteiger partial charge on any atom is 0.242 e. The van der Waals surface area contributed by atoms with Crippen molar-refractivity contribution in [2.75, 3.05) is 38.2 Å². The molecule has 0 aromatic heterocycles. The monoisotopic (exact) mass is 321 g/mol. The maximum absolute atomic E-state index is 13.3. The quantitative estimate of drug-likeness (QED) is 0.921. The summed E-state index contributed by atoms with van der Waals surface area (Å²) in [5.41, 5.74) is 6.48. The van der Waals surface area contributed by atoms with Crippen LogP contribution in [0.5, 0.6) is 5.75 Å². The van der Waals surface area contributed by atoms with Gasteiger partial charge < -0.3 is 20.3 Å².